The summed E-state index contributed by atoms with van der Waals surface area (Å²) < 4.78 is 0. The Kier molecular flexibility index (Phi) is 4.90. The maximum atomic E-state index is 11.8. The number of amides is 1. The zero-order valence-electron chi connectivity index (χ0n) is 11.9. The molecule has 1 amide bonds. The Hall–Kier alpha value is -2.14. The summed E-state index contributed by atoms with van der Waals surface area (Å²) in [6.45, 7) is 0.771. The van der Waals surface area contributed by atoms with E-state index in [1.165, 1.54) is 0 Å². The molecular weight excluding hydrogens is 252 g/mol. The first-order valence-corrected chi connectivity index (χ1v) is 6.66. The number of carbonyl (C=O) groups excluding carboxylic acids is 1. The van der Waals surface area contributed by atoms with Gasteiger partial charge in [-0.05, 0) is 26.1 Å². The molecule has 0 bridgehead atoms. The summed E-state index contributed by atoms with van der Waals surface area (Å²) >= 11 is 0. The third kappa shape index (κ3) is 4.51. The molecule has 106 valence electrons. The summed E-state index contributed by atoms with van der Waals surface area (Å²) in [5, 5.41) is 9.80. The molecule has 5 heteroatoms. The smallest absolute Gasteiger partial charge is 0.225 e. The Morgan fingerprint density at radius 3 is 2.75 bits per heavy atom. The van der Waals surface area contributed by atoms with Crippen LogP contribution in [0.25, 0.3) is 0 Å². The Bertz CT molecular complexity index is 548. The van der Waals surface area contributed by atoms with Crippen LogP contribution in [0.3, 0.4) is 0 Å². The van der Waals surface area contributed by atoms with Gasteiger partial charge < -0.3 is 10.2 Å². The largest absolute Gasteiger partial charge is 0.309 e. The van der Waals surface area contributed by atoms with E-state index in [9.17, 15) is 4.79 Å². The average Bonchev–Trinajstić information content (AvgIpc) is 2.84. The van der Waals surface area contributed by atoms with Crippen LogP contribution in [-0.4, -0.2) is 35.1 Å². The van der Waals surface area contributed by atoms with E-state index in [1.807, 2.05) is 55.4 Å². The number of aromatic amines is 1. The van der Waals surface area contributed by atoms with Crippen molar-refractivity contribution in [1.29, 1.82) is 0 Å². The minimum absolute atomic E-state index is 0.0169. The van der Waals surface area contributed by atoms with Gasteiger partial charge in [0.15, 0.2) is 5.82 Å². The van der Waals surface area contributed by atoms with Gasteiger partial charge >= 0.3 is 0 Å². The maximum absolute atomic E-state index is 11.8. The van der Waals surface area contributed by atoms with Crippen LogP contribution in [0, 0.1) is 0 Å². The van der Waals surface area contributed by atoms with Gasteiger partial charge in [0.25, 0.3) is 0 Å². The van der Waals surface area contributed by atoms with Crippen molar-refractivity contribution in [2.24, 2.45) is 0 Å². The summed E-state index contributed by atoms with van der Waals surface area (Å²) in [6.07, 6.45) is 1.20. The monoisotopic (exact) mass is 272 g/mol. The van der Waals surface area contributed by atoms with Crippen molar-refractivity contribution >= 4 is 11.7 Å². The van der Waals surface area contributed by atoms with E-state index in [0.29, 0.717) is 12.2 Å². The predicted molar refractivity (Wildman–Crippen MR) is 79.4 cm³/mol. The molecule has 0 aliphatic heterocycles. The summed E-state index contributed by atoms with van der Waals surface area (Å²) in [4.78, 5) is 13.9. The highest BCUT2D eigenvalue weighted by molar-refractivity contribution is 5.89. The molecule has 0 saturated carbocycles. The normalized spacial score (nSPS) is 10.8. The number of nitrogens with one attached hydrogen (secondary N) is 2. The molecule has 0 radical (unpaired) electrons. The van der Waals surface area contributed by atoms with E-state index in [4.69, 9.17) is 0 Å². The Morgan fingerprint density at radius 1 is 1.30 bits per heavy atom. The molecule has 1 aromatic carbocycles. The van der Waals surface area contributed by atoms with Gasteiger partial charge in [0.05, 0.1) is 5.69 Å². The fourth-order valence-electron chi connectivity index (χ4n) is 1.96. The summed E-state index contributed by atoms with van der Waals surface area (Å²) in [5.74, 6) is 0.566. The van der Waals surface area contributed by atoms with Crippen molar-refractivity contribution < 1.29 is 4.79 Å². The van der Waals surface area contributed by atoms with E-state index in [0.717, 1.165) is 24.2 Å². The number of rotatable bonds is 6. The van der Waals surface area contributed by atoms with Gasteiger partial charge in [0, 0.05) is 19.0 Å². The third-order valence-corrected chi connectivity index (χ3v) is 2.87. The number of nitrogens with zero attached hydrogens (tertiary/aromatic N) is 2. The first kappa shape index (κ1) is 14.3. The zero-order valence-corrected chi connectivity index (χ0v) is 11.9. The molecule has 5 nitrogen and oxygen atoms in total. The topological polar surface area (TPSA) is 61.0 Å². The van der Waals surface area contributed by atoms with Gasteiger partial charge in [-0.2, -0.15) is 5.10 Å². The van der Waals surface area contributed by atoms with Crippen LogP contribution in [0.4, 0.5) is 5.82 Å². The Balaban J connectivity index is 1.81. The molecule has 0 saturated heterocycles. The molecule has 0 fully saturated rings. The first-order chi connectivity index (χ1) is 9.63. The lowest BCUT2D eigenvalue weighted by molar-refractivity contribution is -0.116. The number of aromatic nitrogens is 2. The Morgan fingerprint density at radius 2 is 2.05 bits per heavy atom. The standard InChI is InChI=1S/C15H20N4O/c1-19(2)11-13-10-14(18-17-13)16-15(20)9-8-12-6-4-3-5-7-12/h3-7,10H,8-9,11H2,1-2H3,(H2,16,17,18,20). The number of benzene rings is 1. The van der Waals surface area contributed by atoms with Gasteiger partial charge in [-0.25, -0.2) is 0 Å². The van der Waals surface area contributed by atoms with E-state index in [1.54, 1.807) is 0 Å². The Labute approximate surface area is 119 Å². The number of aryl methyl sites for hydroxylation is 1. The van der Waals surface area contributed by atoms with Crippen LogP contribution >= 0.6 is 0 Å². The van der Waals surface area contributed by atoms with Crippen LogP contribution in [0.2, 0.25) is 0 Å². The second-order valence-corrected chi connectivity index (χ2v) is 5.05. The van der Waals surface area contributed by atoms with Crippen molar-refractivity contribution in [3.8, 4) is 0 Å². The molecule has 0 unspecified atom stereocenters. The molecule has 0 atom stereocenters. The van der Waals surface area contributed by atoms with Gasteiger partial charge in [-0.15, -0.1) is 0 Å². The highest BCUT2D eigenvalue weighted by Crippen LogP contribution is 2.08. The molecular formula is C15H20N4O. The van der Waals surface area contributed by atoms with Crippen molar-refractivity contribution in [2.75, 3.05) is 19.4 Å². The maximum Gasteiger partial charge on any atom is 0.225 e. The number of hydrogen-bond acceptors (Lipinski definition) is 3. The van der Waals surface area contributed by atoms with E-state index < -0.39 is 0 Å². The molecule has 0 spiro atoms. The minimum atomic E-state index is -0.0169. The quantitative estimate of drug-likeness (QED) is 0.846. The molecule has 2 rings (SSSR count). The molecule has 1 aromatic heterocycles. The number of hydrogen-bond donors (Lipinski definition) is 2. The number of carbonyl (C=O) groups is 1. The van der Waals surface area contributed by atoms with Crippen LogP contribution < -0.4 is 5.32 Å². The van der Waals surface area contributed by atoms with Gasteiger partial charge in [-0.3, -0.25) is 9.89 Å². The van der Waals surface area contributed by atoms with Crippen LogP contribution in [0.5, 0.6) is 0 Å². The highest BCUT2D eigenvalue weighted by atomic mass is 16.1. The van der Waals surface area contributed by atoms with Crippen LogP contribution in [-0.2, 0) is 17.8 Å². The average molecular weight is 272 g/mol. The van der Waals surface area contributed by atoms with E-state index in [2.05, 4.69) is 15.5 Å². The van der Waals surface area contributed by atoms with Gasteiger partial charge in [0.2, 0.25) is 5.91 Å². The molecule has 20 heavy (non-hydrogen) atoms. The fraction of sp³-hybridized carbons (Fsp3) is 0.333. The van der Waals surface area contributed by atoms with Crippen LogP contribution in [0.1, 0.15) is 17.7 Å². The summed E-state index contributed by atoms with van der Waals surface area (Å²) in [5.41, 5.74) is 2.14. The van der Waals surface area contributed by atoms with Crippen molar-refractivity contribution in [2.45, 2.75) is 19.4 Å². The summed E-state index contributed by atoms with van der Waals surface area (Å²) in [7, 11) is 3.97. The van der Waals surface area contributed by atoms with E-state index in [-0.39, 0.29) is 5.91 Å². The molecule has 2 aromatic rings. The number of anilines is 1. The highest BCUT2D eigenvalue weighted by Gasteiger charge is 2.06. The fourth-order valence-corrected chi connectivity index (χ4v) is 1.96. The lowest BCUT2D eigenvalue weighted by Crippen LogP contribution is -2.12. The molecule has 0 aliphatic rings. The first-order valence-electron chi connectivity index (χ1n) is 6.66. The lowest BCUT2D eigenvalue weighted by atomic mass is 10.1. The van der Waals surface area contributed by atoms with Crippen LogP contribution in [0.15, 0.2) is 36.4 Å². The summed E-state index contributed by atoms with van der Waals surface area (Å²) in [6, 6.07) is 11.8. The third-order valence-electron chi connectivity index (χ3n) is 2.87. The number of H-pyrrole nitrogens is 1. The second-order valence-electron chi connectivity index (χ2n) is 5.05. The van der Waals surface area contributed by atoms with Gasteiger partial charge in [-0.1, -0.05) is 30.3 Å². The molecule has 2 N–H and O–H groups in total. The molecule has 1 heterocycles. The van der Waals surface area contributed by atoms with E-state index >= 15 is 0 Å². The SMILES string of the molecule is CN(C)Cc1cc(NC(=O)CCc2ccccc2)n[nH]1. The zero-order chi connectivity index (χ0) is 14.4. The predicted octanol–water partition coefficient (Wildman–Crippen LogP) is 2.04. The molecule has 0 aliphatic carbocycles. The second kappa shape index (κ2) is 6.86. The van der Waals surface area contributed by atoms with Crippen molar-refractivity contribution in [1.82, 2.24) is 15.1 Å². The van der Waals surface area contributed by atoms with Crippen molar-refractivity contribution in [3.63, 3.8) is 0 Å². The van der Waals surface area contributed by atoms with Gasteiger partial charge in [0.1, 0.15) is 0 Å². The minimum Gasteiger partial charge on any atom is -0.309 e. The lowest BCUT2D eigenvalue weighted by Gasteiger charge is -2.05. The van der Waals surface area contributed by atoms with Crippen molar-refractivity contribution in [3.05, 3.63) is 47.7 Å².